The Bertz CT molecular complexity index is 647. The second-order valence-electron chi connectivity index (χ2n) is 3.46. The van der Waals surface area contributed by atoms with Crippen LogP contribution in [0.25, 0.3) is 0 Å². The topological polar surface area (TPSA) is 149 Å². The molecule has 19 heavy (non-hydrogen) atoms. The summed E-state index contributed by atoms with van der Waals surface area (Å²) in [6.45, 7) is 0. The molecule has 0 saturated carbocycles. The Kier molecular flexibility index (Phi) is 3.06. The maximum Gasteiger partial charge on any atom is 0.299 e. The average molecular weight is 265 g/mol. The van der Waals surface area contributed by atoms with E-state index in [0.29, 0.717) is 0 Å². The molecule has 0 fully saturated rings. The number of H-pyrrole nitrogens is 1. The Morgan fingerprint density at radius 3 is 2.68 bits per heavy atom. The first-order chi connectivity index (χ1) is 8.99. The third kappa shape index (κ3) is 2.46. The Hall–Kier alpha value is -3.04. The molecule has 0 aliphatic carbocycles. The highest BCUT2D eigenvalue weighted by atomic mass is 19.1. The first-order valence-electron chi connectivity index (χ1n) is 4.94. The van der Waals surface area contributed by atoms with Gasteiger partial charge in [-0.05, 0) is 12.1 Å². The fraction of sp³-hybridized carbons (Fsp3) is 0. The molecule has 0 aliphatic rings. The van der Waals surface area contributed by atoms with Gasteiger partial charge in [0.1, 0.15) is 11.6 Å². The van der Waals surface area contributed by atoms with Crippen molar-refractivity contribution in [3.8, 4) is 0 Å². The summed E-state index contributed by atoms with van der Waals surface area (Å²) in [7, 11) is 0. The van der Waals surface area contributed by atoms with Crippen LogP contribution in [0.5, 0.6) is 0 Å². The van der Waals surface area contributed by atoms with Crippen LogP contribution in [0.15, 0.2) is 28.4 Å². The maximum atomic E-state index is 12.9. The summed E-state index contributed by atoms with van der Waals surface area (Å²) in [6.07, 6.45) is 0. The lowest BCUT2D eigenvalue weighted by Gasteiger charge is -1.96. The van der Waals surface area contributed by atoms with Crippen LogP contribution in [-0.2, 0) is 0 Å². The van der Waals surface area contributed by atoms with Gasteiger partial charge in [-0.15, -0.1) is 10.2 Å². The van der Waals surface area contributed by atoms with Crippen molar-refractivity contribution in [2.24, 2.45) is 10.2 Å². The average Bonchev–Trinajstić information content (AvgIpc) is 2.68. The van der Waals surface area contributed by atoms with Crippen LogP contribution in [-0.4, -0.2) is 15.1 Å². The van der Waals surface area contributed by atoms with Crippen molar-refractivity contribution in [3.63, 3.8) is 0 Å². The minimum Gasteiger partial charge on any atom is -0.382 e. The molecule has 1 aromatic carbocycles. The van der Waals surface area contributed by atoms with Crippen molar-refractivity contribution in [3.05, 3.63) is 34.1 Å². The van der Waals surface area contributed by atoms with E-state index < -0.39 is 16.4 Å². The number of anilines is 2. The third-order valence-corrected chi connectivity index (χ3v) is 2.19. The summed E-state index contributed by atoms with van der Waals surface area (Å²) in [4.78, 5) is 9.97. The largest absolute Gasteiger partial charge is 0.382 e. The molecule has 0 unspecified atom stereocenters. The van der Waals surface area contributed by atoms with Crippen LogP contribution in [0.4, 0.5) is 33.1 Å². The van der Waals surface area contributed by atoms with E-state index in [1.165, 1.54) is 0 Å². The fourth-order valence-electron chi connectivity index (χ4n) is 1.30. The van der Waals surface area contributed by atoms with E-state index in [1.807, 2.05) is 0 Å². The zero-order chi connectivity index (χ0) is 14.0. The summed E-state index contributed by atoms with van der Waals surface area (Å²) < 4.78 is 12.9. The van der Waals surface area contributed by atoms with Gasteiger partial charge >= 0.3 is 0 Å². The van der Waals surface area contributed by atoms with Gasteiger partial charge < -0.3 is 11.5 Å². The summed E-state index contributed by atoms with van der Waals surface area (Å²) in [6, 6.07) is 2.91. The Balaban J connectivity index is 2.41. The minimum absolute atomic E-state index is 0.00557. The molecule has 0 saturated heterocycles. The number of benzene rings is 1. The van der Waals surface area contributed by atoms with E-state index in [-0.39, 0.29) is 23.0 Å². The zero-order valence-electron chi connectivity index (χ0n) is 9.37. The molecule has 1 aromatic heterocycles. The smallest absolute Gasteiger partial charge is 0.299 e. The molecular weight excluding hydrogens is 257 g/mol. The number of nitrogen functional groups attached to an aromatic ring is 2. The van der Waals surface area contributed by atoms with Crippen molar-refractivity contribution >= 4 is 28.7 Å². The summed E-state index contributed by atoms with van der Waals surface area (Å²) in [5, 5.41) is 24.0. The standard InChI is InChI=1S/C9H8FN7O2/c10-4-1-2-5(6(3-4)17(18)19)13-14-7-8(11)15-16-9(7)12/h1-3H,(H5,11,12,15,16). The molecule has 9 nitrogen and oxygen atoms in total. The molecular formula is C9H8FN7O2. The number of nitro benzene ring substituents is 1. The van der Waals surface area contributed by atoms with E-state index in [4.69, 9.17) is 11.5 Å². The predicted octanol–water partition coefficient (Wildman–Crippen LogP) is 2.04. The van der Waals surface area contributed by atoms with E-state index >= 15 is 0 Å². The molecule has 98 valence electrons. The third-order valence-electron chi connectivity index (χ3n) is 2.19. The molecule has 2 rings (SSSR count). The number of aromatic amines is 1. The number of halogens is 1. The van der Waals surface area contributed by atoms with Crippen LogP contribution >= 0.6 is 0 Å². The SMILES string of the molecule is Nc1n[nH]c(N)c1N=Nc1ccc(F)cc1[N+](=O)[O-]. The molecule has 0 amide bonds. The summed E-state index contributed by atoms with van der Waals surface area (Å²) >= 11 is 0. The number of azo groups is 1. The number of hydrogen-bond acceptors (Lipinski definition) is 7. The quantitative estimate of drug-likeness (QED) is 0.441. The van der Waals surface area contributed by atoms with Gasteiger partial charge in [0.05, 0.1) is 11.0 Å². The van der Waals surface area contributed by atoms with Crippen LogP contribution in [0.3, 0.4) is 0 Å². The van der Waals surface area contributed by atoms with Crippen molar-refractivity contribution in [1.29, 1.82) is 0 Å². The lowest BCUT2D eigenvalue weighted by molar-refractivity contribution is -0.384. The molecule has 1 heterocycles. The summed E-state index contributed by atoms with van der Waals surface area (Å²) in [5.74, 6) is -0.662. The highest BCUT2D eigenvalue weighted by molar-refractivity contribution is 5.70. The van der Waals surface area contributed by atoms with E-state index in [0.717, 1.165) is 18.2 Å². The van der Waals surface area contributed by atoms with Crippen LogP contribution in [0.2, 0.25) is 0 Å². The number of nitrogens with zero attached hydrogens (tertiary/aromatic N) is 4. The first kappa shape index (κ1) is 12.4. The molecule has 0 atom stereocenters. The first-order valence-corrected chi connectivity index (χ1v) is 4.94. The van der Waals surface area contributed by atoms with Gasteiger partial charge in [-0.1, -0.05) is 0 Å². The fourth-order valence-corrected chi connectivity index (χ4v) is 1.30. The molecule has 2 aromatic rings. The number of rotatable bonds is 3. The Morgan fingerprint density at radius 1 is 1.37 bits per heavy atom. The van der Waals surface area contributed by atoms with Crippen LogP contribution in [0, 0.1) is 15.9 Å². The lowest BCUT2D eigenvalue weighted by Crippen LogP contribution is -1.89. The van der Waals surface area contributed by atoms with Gasteiger partial charge in [0.2, 0.25) is 0 Å². The van der Waals surface area contributed by atoms with Crippen molar-refractivity contribution in [1.82, 2.24) is 10.2 Å². The zero-order valence-corrected chi connectivity index (χ0v) is 9.37. The van der Waals surface area contributed by atoms with Gasteiger partial charge in [0.15, 0.2) is 17.2 Å². The number of nitrogens with one attached hydrogen (secondary N) is 1. The van der Waals surface area contributed by atoms with E-state index in [9.17, 15) is 14.5 Å². The highest BCUT2D eigenvalue weighted by Gasteiger charge is 2.15. The van der Waals surface area contributed by atoms with Crippen molar-refractivity contribution in [2.75, 3.05) is 11.5 Å². The van der Waals surface area contributed by atoms with Gasteiger partial charge in [-0.3, -0.25) is 15.2 Å². The number of aromatic nitrogens is 2. The maximum absolute atomic E-state index is 12.9. The number of hydrogen-bond donors (Lipinski definition) is 3. The van der Waals surface area contributed by atoms with Crippen LogP contribution in [0.1, 0.15) is 0 Å². The molecule has 0 spiro atoms. The second kappa shape index (κ2) is 4.68. The molecule has 0 aliphatic heterocycles. The van der Waals surface area contributed by atoms with E-state index in [1.54, 1.807) is 0 Å². The van der Waals surface area contributed by atoms with Gasteiger partial charge in [0, 0.05) is 0 Å². The van der Waals surface area contributed by atoms with E-state index in [2.05, 4.69) is 20.4 Å². The van der Waals surface area contributed by atoms with Crippen LogP contribution < -0.4 is 11.5 Å². The molecule has 0 bridgehead atoms. The predicted molar refractivity (Wildman–Crippen MR) is 64.6 cm³/mol. The molecule has 5 N–H and O–H groups in total. The normalized spacial score (nSPS) is 11.0. The molecule has 10 heteroatoms. The highest BCUT2D eigenvalue weighted by Crippen LogP contribution is 2.32. The summed E-state index contributed by atoms with van der Waals surface area (Å²) in [5.41, 5.74) is 10.4. The Morgan fingerprint density at radius 2 is 2.11 bits per heavy atom. The Labute approximate surface area is 105 Å². The number of nitrogens with two attached hydrogens (primary N) is 2. The minimum atomic E-state index is -0.764. The monoisotopic (exact) mass is 265 g/mol. The van der Waals surface area contributed by atoms with Gasteiger partial charge in [-0.25, -0.2) is 4.39 Å². The molecule has 0 radical (unpaired) electrons. The van der Waals surface area contributed by atoms with Gasteiger partial charge in [-0.2, -0.15) is 5.10 Å². The lowest BCUT2D eigenvalue weighted by atomic mass is 10.3. The van der Waals surface area contributed by atoms with Crippen molar-refractivity contribution < 1.29 is 9.31 Å². The second-order valence-corrected chi connectivity index (χ2v) is 3.46. The van der Waals surface area contributed by atoms with Gasteiger partial charge in [0.25, 0.3) is 5.69 Å². The van der Waals surface area contributed by atoms with Crippen molar-refractivity contribution in [2.45, 2.75) is 0 Å². The number of nitro groups is 1.